The van der Waals surface area contributed by atoms with Crippen molar-refractivity contribution in [2.45, 2.75) is 32.2 Å². The van der Waals surface area contributed by atoms with Crippen molar-refractivity contribution in [3.8, 4) is 17.0 Å². The first-order valence-electron chi connectivity index (χ1n) is 9.45. The number of nitrogens with one attached hydrogen (secondary N) is 1. The van der Waals surface area contributed by atoms with Crippen LogP contribution in [-0.2, 0) is 5.54 Å². The van der Waals surface area contributed by atoms with Crippen LogP contribution >= 0.6 is 0 Å². The van der Waals surface area contributed by atoms with Gasteiger partial charge in [-0.15, -0.1) is 0 Å². The molecule has 2 aromatic heterocycles. The molecule has 1 aliphatic carbocycles. The van der Waals surface area contributed by atoms with Crippen LogP contribution in [0.15, 0.2) is 59.3 Å². The van der Waals surface area contributed by atoms with Gasteiger partial charge < -0.3 is 14.5 Å². The number of hydrogen-bond acceptors (Lipinski definition) is 5. The number of nitrogens with zero attached hydrogens (tertiary/aromatic N) is 2. The molecular formula is C22H23N3O3. The summed E-state index contributed by atoms with van der Waals surface area (Å²) in [5.41, 5.74) is 1.43. The van der Waals surface area contributed by atoms with E-state index < -0.39 is 5.54 Å². The van der Waals surface area contributed by atoms with E-state index in [4.69, 9.17) is 9.15 Å². The molecule has 1 saturated carbocycles. The third-order valence-electron chi connectivity index (χ3n) is 4.72. The fourth-order valence-electron chi connectivity index (χ4n) is 2.93. The highest BCUT2D eigenvalue weighted by molar-refractivity contribution is 5.93. The zero-order valence-corrected chi connectivity index (χ0v) is 16.0. The molecule has 6 heteroatoms. The van der Waals surface area contributed by atoms with Gasteiger partial charge in [-0.05, 0) is 50.3 Å². The minimum Gasteiger partial charge on any atom is -0.477 e. The predicted molar refractivity (Wildman–Crippen MR) is 105 cm³/mol. The van der Waals surface area contributed by atoms with Crippen LogP contribution in [0.3, 0.4) is 0 Å². The Balaban J connectivity index is 1.60. The molecule has 144 valence electrons. The van der Waals surface area contributed by atoms with E-state index in [1.807, 2.05) is 50.2 Å². The number of carbonyl (C=O) groups excluding carboxylic acids is 1. The van der Waals surface area contributed by atoms with Crippen molar-refractivity contribution in [2.75, 3.05) is 6.61 Å². The quantitative estimate of drug-likeness (QED) is 0.668. The average molecular weight is 377 g/mol. The Morgan fingerprint density at radius 2 is 2.00 bits per heavy atom. The lowest BCUT2D eigenvalue weighted by Crippen LogP contribution is -2.41. The van der Waals surface area contributed by atoms with Crippen LogP contribution in [0.2, 0.25) is 0 Å². The monoisotopic (exact) mass is 377 g/mol. The van der Waals surface area contributed by atoms with Gasteiger partial charge in [-0.25, -0.2) is 9.97 Å². The van der Waals surface area contributed by atoms with Crippen molar-refractivity contribution in [3.05, 3.63) is 66.5 Å². The smallest absolute Gasteiger partial charge is 0.270 e. The first-order valence-corrected chi connectivity index (χ1v) is 9.45. The van der Waals surface area contributed by atoms with Crippen molar-refractivity contribution in [2.24, 2.45) is 5.92 Å². The molecule has 0 atom stereocenters. The van der Waals surface area contributed by atoms with Crippen LogP contribution in [0, 0.1) is 5.92 Å². The van der Waals surface area contributed by atoms with E-state index >= 15 is 0 Å². The highest BCUT2D eigenvalue weighted by atomic mass is 16.5. The minimum absolute atomic E-state index is 0.296. The zero-order valence-electron chi connectivity index (χ0n) is 16.0. The van der Waals surface area contributed by atoms with E-state index in [0.29, 0.717) is 30.0 Å². The van der Waals surface area contributed by atoms with Gasteiger partial charge in [-0.2, -0.15) is 0 Å². The number of benzene rings is 1. The second-order valence-corrected chi connectivity index (χ2v) is 7.59. The maximum absolute atomic E-state index is 12.8. The lowest BCUT2D eigenvalue weighted by Gasteiger charge is -2.22. The maximum Gasteiger partial charge on any atom is 0.270 e. The molecule has 1 amide bonds. The molecule has 2 heterocycles. The number of oxazole rings is 1. The molecule has 0 unspecified atom stereocenters. The van der Waals surface area contributed by atoms with Crippen LogP contribution in [-0.4, -0.2) is 22.5 Å². The molecule has 1 fully saturated rings. The van der Waals surface area contributed by atoms with Crippen molar-refractivity contribution in [3.63, 3.8) is 0 Å². The van der Waals surface area contributed by atoms with Crippen LogP contribution in [0.1, 0.15) is 43.1 Å². The van der Waals surface area contributed by atoms with Gasteiger partial charge in [0.05, 0.1) is 12.8 Å². The fraction of sp³-hybridized carbons (Fsp3) is 0.318. The summed E-state index contributed by atoms with van der Waals surface area (Å²) in [7, 11) is 0. The number of aromatic nitrogens is 2. The fourth-order valence-corrected chi connectivity index (χ4v) is 2.93. The first kappa shape index (κ1) is 18.2. The third-order valence-corrected chi connectivity index (χ3v) is 4.72. The lowest BCUT2D eigenvalue weighted by molar-refractivity contribution is 0.0892. The topological polar surface area (TPSA) is 77.2 Å². The van der Waals surface area contributed by atoms with E-state index in [-0.39, 0.29) is 5.91 Å². The summed E-state index contributed by atoms with van der Waals surface area (Å²) >= 11 is 0. The summed E-state index contributed by atoms with van der Waals surface area (Å²) in [6.45, 7) is 4.29. The minimum atomic E-state index is -0.755. The van der Waals surface area contributed by atoms with Gasteiger partial charge in [0, 0.05) is 5.56 Å². The Morgan fingerprint density at radius 1 is 1.21 bits per heavy atom. The molecule has 4 rings (SSSR count). The van der Waals surface area contributed by atoms with E-state index in [1.165, 1.54) is 19.1 Å². The zero-order chi connectivity index (χ0) is 19.6. The molecule has 0 aliphatic heterocycles. The second kappa shape index (κ2) is 7.46. The molecule has 6 nitrogen and oxygen atoms in total. The Hall–Kier alpha value is -3.15. The number of carbonyl (C=O) groups is 1. The predicted octanol–water partition coefficient (Wildman–Crippen LogP) is 4.19. The standard InChI is InChI=1S/C22H23N3O3/c1-22(2,21-23-12-13-27-21)25-19(26)18-11-10-17(16-6-4-3-5-7-16)20(24-18)28-14-15-8-9-15/h3-7,10-13,15H,8-9,14H2,1-2H3,(H,25,26). The summed E-state index contributed by atoms with van der Waals surface area (Å²) in [5, 5.41) is 2.93. The SMILES string of the molecule is CC(C)(NC(=O)c1ccc(-c2ccccc2)c(OCC2CC2)n1)c1ncco1. The van der Waals surface area contributed by atoms with Gasteiger partial charge in [0.1, 0.15) is 17.5 Å². The summed E-state index contributed by atoms with van der Waals surface area (Å²) in [6, 6.07) is 13.5. The van der Waals surface area contributed by atoms with Gasteiger partial charge in [0.2, 0.25) is 11.8 Å². The van der Waals surface area contributed by atoms with E-state index in [9.17, 15) is 4.79 Å². The Labute approximate surface area is 164 Å². The summed E-state index contributed by atoms with van der Waals surface area (Å²) < 4.78 is 11.3. The number of hydrogen-bond donors (Lipinski definition) is 1. The number of rotatable bonds is 7. The summed E-state index contributed by atoms with van der Waals surface area (Å²) in [5.74, 6) is 1.21. The average Bonchev–Trinajstić information content (AvgIpc) is 3.35. The van der Waals surface area contributed by atoms with Crippen LogP contribution in [0.4, 0.5) is 0 Å². The van der Waals surface area contributed by atoms with Crippen LogP contribution in [0.5, 0.6) is 5.88 Å². The number of pyridine rings is 1. The number of ether oxygens (including phenoxy) is 1. The Bertz CT molecular complexity index is 948. The number of amides is 1. The van der Waals surface area contributed by atoms with E-state index in [0.717, 1.165) is 11.1 Å². The van der Waals surface area contributed by atoms with Crippen molar-refractivity contribution >= 4 is 5.91 Å². The van der Waals surface area contributed by atoms with Crippen LogP contribution in [0.25, 0.3) is 11.1 Å². The maximum atomic E-state index is 12.8. The molecule has 28 heavy (non-hydrogen) atoms. The van der Waals surface area contributed by atoms with Gasteiger partial charge >= 0.3 is 0 Å². The highest BCUT2D eigenvalue weighted by Crippen LogP contribution is 2.33. The van der Waals surface area contributed by atoms with Crippen molar-refractivity contribution in [1.29, 1.82) is 0 Å². The molecule has 1 N–H and O–H groups in total. The highest BCUT2D eigenvalue weighted by Gasteiger charge is 2.29. The molecular weight excluding hydrogens is 354 g/mol. The van der Waals surface area contributed by atoms with E-state index in [2.05, 4.69) is 15.3 Å². The normalized spacial score (nSPS) is 13.9. The van der Waals surface area contributed by atoms with Gasteiger partial charge in [0.15, 0.2) is 0 Å². The third kappa shape index (κ3) is 4.06. The molecule has 1 aliphatic rings. The summed E-state index contributed by atoms with van der Waals surface area (Å²) in [6.07, 6.45) is 5.41. The molecule has 0 saturated heterocycles. The van der Waals surface area contributed by atoms with Crippen LogP contribution < -0.4 is 10.1 Å². The van der Waals surface area contributed by atoms with Gasteiger partial charge in [-0.3, -0.25) is 4.79 Å². The summed E-state index contributed by atoms with van der Waals surface area (Å²) in [4.78, 5) is 21.5. The van der Waals surface area contributed by atoms with Crippen molar-refractivity contribution < 1.29 is 13.9 Å². The Morgan fingerprint density at radius 3 is 2.68 bits per heavy atom. The molecule has 1 aromatic carbocycles. The van der Waals surface area contributed by atoms with Crippen molar-refractivity contribution in [1.82, 2.24) is 15.3 Å². The molecule has 0 radical (unpaired) electrons. The van der Waals surface area contributed by atoms with E-state index in [1.54, 1.807) is 12.3 Å². The lowest BCUT2D eigenvalue weighted by atomic mass is 10.0. The Kier molecular flexibility index (Phi) is 4.86. The molecule has 3 aromatic rings. The second-order valence-electron chi connectivity index (χ2n) is 7.59. The van der Waals surface area contributed by atoms with Gasteiger partial charge in [-0.1, -0.05) is 30.3 Å². The van der Waals surface area contributed by atoms with Gasteiger partial charge in [0.25, 0.3) is 5.91 Å². The molecule has 0 spiro atoms. The first-order chi connectivity index (χ1) is 13.5. The molecule has 0 bridgehead atoms. The largest absolute Gasteiger partial charge is 0.477 e.